The minimum absolute atomic E-state index is 0.0205. The van der Waals surface area contributed by atoms with Crippen molar-refractivity contribution in [2.45, 2.75) is 13.3 Å². The summed E-state index contributed by atoms with van der Waals surface area (Å²) < 4.78 is 13.6. The SMILES string of the molecule is CCNC(=O)CCNc1ccc(F)cc1I. The molecule has 1 rings (SSSR count). The minimum Gasteiger partial charge on any atom is -0.384 e. The van der Waals surface area contributed by atoms with Crippen LogP contribution in [-0.2, 0) is 4.79 Å². The summed E-state index contributed by atoms with van der Waals surface area (Å²) in [6, 6.07) is 4.53. The molecule has 0 spiro atoms. The number of anilines is 1. The van der Waals surface area contributed by atoms with Gasteiger partial charge in [-0.25, -0.2) is 4.39 Å². The van der Waals surface area contributed by atoms with Gasteiger partial charge in [-0.2, -0.15) is 0 Å². The van der Waals surface area contributed by atoms with Crippen LogP contribution in [0.1, 0.15) is 13.3 Å². The van der Waals surface area contributed by atoms with Crippen molar-refractivity contribution in [2.24, 2.45) is 0 Å². The summed E-state index contributed by atoms with van der Waals surface area (Å²) in [4.78, 5) is 11.2. The lowest BCUT2D eigenvalue weighted by Crippen LogP contribution is -2.24. The second-order valence-corrected chi connectivity index (χ2v) is 4.42. The lowest BCUT2D eigenvalue weighted by Gasteiger charge is -2.08. The molecule has 0 aliphatic heterocycles. The van der Waals surface area contributed by atoms with E-state index in [1.54, 1.807) is 6.07 Å². The van der Waals surface area contributed by atoms with Crippen LogP contribution in [0.2, 0.25) is 0 Å². The summed E-state index contributed by atoms with van der Waals surface area (Å²) >= 11 is 2.06. The largest absolute Gasteiger partial charge is 0.384 e. The van der Waals surface area contributed by atoms with Gasteiger partial charge in [0, 0.05) is 28.8 Å². The van der Waals surface area contributed by atoms with E-state index in [0.717, 1.165) is 9.26 Å². The Balaban J connectivity index is 2.40. The van der Waals surface area contributed by atoms with Crippen molar-refractivity contribution in [1.29, 1.82) is 0 Å². The highest BCUT2D eigenvalue weighted by molar-refractivity contribution is 14.1. The normalized spacial score (nSPS) is 9.94. The molecule has 0 aliphatic carbocycles. The molecular formula is C11H14FIN2O. The Morgan fingerprint density at radius 3 is 2.88 bits per heavy atom. The number of carbonyl (C=O) groups excluding carboxylic acids is 1. The Morgan fingerprint density at radius 1 is 1.50 bits per heavy atom. The first-order valence-electron chi connectivity index (χ1n) is 5.09. The first-order valence-corrected chi connectivity index (χ1v) is 6.17. The van der Waals surface area contributed by atoms with E-state index >= 15 is 0 Å². The molecular weight excluding hydrogens is 322 g/mol. The molecule has 3 nitrogen and oxygen atoms in total. The maximum Gasteiger partial charge on any atom is 0.221 e. The predicted molar refractivity (Wildman–Crippen MR) is 70.9 cm³/mol. The number of halogens is 2. The van der Waals surface area contributed by atoms with E-state index in [1.807, 2.05) is 6.92 Å². The van der Waals surface area contributed by atoms with Crippen LogP contribution in [0.4, 0.5) is 10.1 Å². The van der Waals surface area contributed by atoms with E-state index in [2.05, 4.69) is 33.2 Å². The van der Waals surface area contributed by atoms with E-state index in [9.17, 15) is 9.18 Å². The fraction of sp³-hybridized carbons (Fsp3) is 0.364. The third-order valence-corrected chi connectivity index (χ3v) is 2.87. The summed E-state index contributed by atoms with van der Waals surface area (Å²) in [5, 5.41) is 5.81. The molecule has 0 bridgehead atoms. The zero-order valence-corrected chi connectivity index (χ0v) is 11.2. The Morgan fingerprint density at radius 2 is 2.25 bits per heavy atom. The molecule has 0 saturated carbocycles. The van der Waals surface area contributed by atoms with Gasteiger partial charge in [-0.1, -0.05) is 0 Å². The molecule has 0 atom stereocenters. The number of nitrogens with one attached hydrogen (secondary N) is 2. The van der Waals surface area contributed by atoms with Crippen LogP contribution in [0.25, 0.3) is 0 Å². The maximum absolute atomic E-state index is 12.8. The zero-order valence-electron chi connectivity index (χ0n) is 9.02. The summed E-state index contributed by atoms with van der Waals surface area (Å²) in [5.41, 5.74) is 0.853. The minimum atomic E-state index is -0.251. The van der Waals surface area contributed by atoms with E-state index < -0.39 is 0 Å². The predicted octanol–water partition coefficient (Wildman–Crippen LogP) is 2.37. The lowest BCUT2D eigenvalue weighted by atomic mass is 10.3. The van der Waals surface area contributed by atoms with Crippen molar-refractivity contribution < 1.29 is 9.18 Å². The second-order valence-electron chi connectivity index (χ2n) is 3.25. The van der Waals surface area contributed by atoms with Crippen molar-refractivity contribution in [3.05, 3.63) is 27.6 Å². The van der Waals surface area contributed by atoms with E-state index in [1.165, 1.54) is 12.1 Å². The third kappa shape index (κ3) is 4.34. The van der Waals surface area contributed by atoms with E-state index in [0.29, 0.717) is 19.5 Å². The van der Waals surface area contributed by atoms with Gasteiger partial charge in [-0.3, -0.25) is 4.79 Å². The average Bonchev–Trinajstić information content (AvgIpc) is 2.22. The van der Waals surface area contributed by atoms with Gasteiger partial charge < -0.3 is 10.6 Å². The van der Waals surface area contributed by atoms with Crippen molar-refractivity contribution in [3.8, 4) is 0 Å². The Kier molecular flexibility index (Phi) is 5.51. The molecule has 0 aromatic heterocycles. The topological polar surface area (TPSA) is 41.1 Å². The molecule has 2 N–H and O–H groups in total. The molecule has 1 amide bonds. The molecule has 5 heteroatoms. The van der Waals surface area contributed by atoms with Gasteiger partial charge in [0.05, 0.1) is 0 Å². The van der Waals surface area contributed by atoms with Crippen LogP contribution < -0.4 is 10.6 Å². The number of rotatable bonds is 5. The average molecular weight is 336 g/mol. The first kappa shape index (κ1) is 13.2. The zero-order chi connectivity index (χ0) is 12.0. The standard InChI is InChI=1S/C11H14FIN2O/c1-2-14-11(16)5-6-15-10-4-3-8(12)7-9(10)13/h3-4,7,15H,2,5-6H2,1H3,(H,14,16). The third-order valence-electron chi connectivity index (χ3n) is 1.97. The van der Waals surface area contributed by atoms with Crippen molar-refractivity contribution in [1.82, 2.24) is 5.32 Å². The number of amides is 1. The number of carbonyl (C=O) groups is 1. The summed E-state index contributed by atoms with van der Waals surface area (Å²) in [7, 11) is 0. The number of hydrogen-bond acceptors (Lipinski definition) is 2. The van der Waals surface area contributed by atoms with E-state index in [-0.39, 0.29) is 11.7 Å². The summed E-state index contributed by atoms with van der Waals surface area (Å²) in [5.74, 6) is -0.231. The summed E-state index contributed by atoms with van der Waals surface area (Å²) in [6.45, 7) is 3.08. The van der Waals surface area contributed by atoms with Crippen LogP contribution in [0, 0.1) is 9.39 Å². The highest BCUT2D eigenvalue weighted by Crippen LogP contribution is 2.18. The van der Waals surface area contributed by atoms with Gasteiger partial charge in [0.2, 0.25) is 5.91 Å². The van der Waals surface area contributed by atoms with Crippen LogP contribution >= 0.6 is 22.6 Å². The molecule has 88 valence electrons. The quantitative estimate of drug-likeness (QED) is 0.811. The van der Waals surface area contributed by atoms with Crippen molar-refractivity contribution in [3.63, 3.8) is 0 Å². The molecule has 16 heavy (non-hydrogen) atoms. The fourth-order valence-corrected chi connectivity index (χ4v) is 1.90. The van der Waals surface area contributed by atoms with E-state index in [4.69, 9.17) is 0 Å². The molecule has 0 heterocycles. The Bertz CT molecular complexity index is 371. The lowest BCUT2D eigenvalue weighted by molar-refractivity contribution is -0.120. The molecule has 0 saturated heterocycles. The van der Waals surface area contributed by atoms with Gasteiger partial charge in [0.15, 0.2) is 0 Å². The Labute approximate surface area is 108 Å². The number of hydrogen-bond donors (Lipinski definition) is 2. The highest BCUT2D eigenvalue weighted by atomic mass is 127. The van der Waals surface area contributed by atoms with Gasteiger partial charge >= 0.3 is 0 Å². The van der Waals surface area contributed by atoms with Crippen molar-refractivity contribution in [2.75, 3.05) is 18.4 Å². The molecule has 1 aromatic carbocycles. The van der Waals surface area contributed by atoms with Crippen molar-refractivity contribution >= 4 is 34.2 Å². The van der Waals surface area contributed by atoms with Crippen LogP contribution in [-0.4, -0.2) is 19.0 Å². The number of benzene rings is 1. The first-order chi connectivity index (χ1) is 7.63. The maximum atomic E-state index is 12.8. The molecule has 0 unspecified atom stereocenters. The molecule has 0 fully saturated rings. The fourth-order valence-electron chi connectivity index (χ4n) is 1.23. The second kappa shape index (κ2) is 6.67. The summed E-state index contributed by atoms with van der Waals surface area (Å²) in [6.07, 6.45) is 0.418. The highest BCUT2D eigenvalue weighted by Gasteiger charge is 2.02. The van der Waals surface area contributed by atoms with Crippen LogP contribution in [0.3, 0.4) is 0 Å². The van der Waals surface area contributed by atoms with Crippen LogP contribution in [0.5, 0.6) is 0 Å². The molecule has 0 aliphatic rings. The smallest absolute Gasteiger partial charge is 0.221 e. The van der Waals surface area contributed by atoms with Gasteiger partial charge in [-0.05, 0) is 47.7 Å². The van der Waals surface area contributed by atoms with Gasteiger partial charge in [0.25, 0.3) is 0 Å². The Hall–Kier alpha value is -0.850. The molecule has 1 aromatic rings. The molecule has 0 radical (unpaired) electrons. The van der Waals surface area contributed by atoms with Crippen LogP contribution in [0.15, 0.2) is 18.2 Å². The van der Waals surface area contributed by atoms with Gasteiger partial charge in [-0.15, -0.1) is 0 Å². The van der Waals surface area contributed by atoms with Gasteiger partial charge in [0.1, 0.15) is 5.82 Å². The monoisotopic (exact) mass is 336 g/mol.